The lowest BCUT2D eigenvalue weighted by Gasteiger charge is -1.97. The Morgan fingerprint density at radius 2 is 2.06 bits per heavy atom. The van der Waals surface area contributed by atoms with Crippen LogP contribution in [0, 0.1) is 0 Å². The molecule has 0 radical (unpaired) electrons. The highest BCUT2D eigenvalue weighted by molar-refractivity contribution is 7.14. The zero-order chi connectivity index (χ0) is 11.5. The zero-order valence-corrected chi connectivity index (χ0v) is 9.41. The number of thiazole rings is 1. The second-order valence-corrected chi connectivity index (χ2v) is 4.12. The lowest BCUT2D eigenvalue weighted by Crippen LogP contribution is -2.04. The summed E-state index contributed by atoms with van der Waals surface area (Å²) in [6, 6.07) is 6.77. The first-order valence-corrected chi connectivity index (χ1v) is 5.55. The van der Waals surface area contributed by atoms with E-state index in [1.54, 1.807) is 24.3 Å². The molecule has 2 aromatic rings. The van der Waals surface area contributed by atoms with E-state index in [-0.39, 0.29) is 11.7 Å². The van der Waals surface area contributed by atoms with Crippen molar-refractivity contribution >= 4 is 22.4 Å². The van der Waals surface area contributed by atoms with Crippen LogP contribution in [0.1, 0.15) is 6.92 Å². The molecule has 0 saturated carbocycles. The Hall–Kier alpha value is -1.88. The number of aromatic nitrogens is 1. The average Bonchev–Trinajstić information content (AvgIpc) is 2.66. The SMILES string of the molecule is CC(=O)Nc1nc(-c2ccc(O)cc2)cs1. The number of hydrogen-bond donors (Lipinski definition) is 2. The summed E-state index contributed by atoms with van der Waals surface area (Å²) in [5.74, 6) is 0.0904. The molecule has 1 aromatic carbocycles. The molecule has 0 atom stereocenters. The van der Waals surface area contributed by atoms with Gasteiger partial charge in [0.2, 0.25) is 5.91 Å². The molecule has 1 amide bonds. The Kier molecular flexibility index (Phi) is 2.87. The largest absolute Gasteiger partial charge is 0.508 e. The Morgan fingerprint density at radius 1 is 1.38 bits per heavy atom. The number of rotatable bonds is 2. The Bertz CT molecular complexity index is 505. The quantitative estimate of drug-likeness (QED) is 0.839. The maximum Gasteiger partial charge on any atom is 0.223 e. The predicted octanol–water partition coefficient (Wildman–Crippen LogP) is 2.47. The minimum atomic E-state index is -0.133. The molecule has 0 fully saturated rings. The van der Waals surface area contributed by atoms with Crippen LogP contribution >= 0.6 is 11.3 Å². The van der Waals surface area contributed by atoms with E-state index in [1.807, 2.05) is 5.38 Å². The number of carbonyl (C=O) groups is 1. The Morgan fingerprint density at radius 3 is 2.69 bits per heavy atom. The van der Waals surface area contributed by atoms with E-state index in [1.165, 1.54) is 18.3 Å². The average molecular weight is 234 g/mol. The van der Waals surface area contributed by atoms with Gasteiger partial charge in [-0.25, -0.2) is 4.98 Å². The fraction of sp³-hybridized carbons (Fsp3) is 0.0909. The van der Waals surface area contributed by atoms with Gasteiger partial charge in [0, 0.05) is 17.9 Å². The van der Waals surface area contributed by atoms with Gasteiger partial charge in [-0.1, -0.05) is 0 Å². The number of nitrogens with one attached hydrogen (secondary N) is 1. The first-order valence-electron chi connectivity index (χ1n) is 4.67. The molecule has 0 aliphatic carbocycles. The van der Waals surface area contributed by atoms with Crippen molar-refractivity contribution < 1.29 is 9.90 Å². The van der Waals surface area contributed by atoms with Gasteiger partial charge in [-0.2, -0.15) is 0 Å². The van der Waals surface area contributed by atoms with E-state index in [0.717, 1.165) is 11.3 Å². The fourth-order valence-electron chi connectivity index (χ4n) is 1.25. The number of hydrogen-bond acceptors (Lipinski definition) is 4. The minimum absolute atomic E-state index is 0.133. The van der Waals surface area contributed by atoms with Crippen LogP contribution in [0.25, 0.3) is 11.3 Å². The van der Waals surface area contributed by atoms with E-state index >= 15 is 0 Å². The number of amides is 1. The number of aromatic hydroxyl groups is 1. The molecule has 16 heavy (non-hydrogen) atoms. The lowest BCUT2D eigenvalue weighted by molar-refractivity contribution is -0.114. The first-order chi connectivity index (χ1) is 7.65. The Balaban J connectivity index is 2.24. The zero-order valence-electron chi connectivity index (χ0n) is 8.60. The van der Waals surface area contributed by atoms with Gasteiger partial charge in [0.25, 0.3) is 0 Å². The summed E-state index contributed by atoms with van der Waals surface area (Å²) in [5, 5.41) is 14.2. The van der Waals surface area contributed by atoms with Crippen LogP contribution in [-0.4, -0.2) is 16.0 Å². The van der Waals surface area contributed by atoms with Crippen LogP contribution in [0.15, 0.2) is 29.6 Å². The molecule has 0 spiro atoms. The number of anilines is 1. The van der Waals surface area contributed by atoms with Crippen LogP contribution < -0.4 is 5.32 Å². The standard InChI is InChI=1S/C11H10N2O2S/c1-7(14)12-11-13-10(6-16-11)8-2-4-9(15)5-3-8/h2-6,15H,1H3,(H,12,13,14). The highest BCUT2D eigenvalue weighted by atomic mass is 32.1. The van der Waals surface area contributed by atoms with E-state index in [4.69, 9.17) is 5.11 Å². The van der Waals surface area contributed by atoms with Crippen molar-refractivity contribution in [3.05, 3.63) is 29.6 Å². The molecule has 1 heterocycles. The molecule has 1 aromatic heterocycles. The summed E-state index contributed by atoms with van der Waals surface area (Å²) in [7, 11) is 0. The van der Waals surface area contributed by atoms with Crippen LogP contribution in [-0.2, 0) is 4.79 Å². The highest BCUT2D eigenvalue weighted by Crippen LogP contribution is 2.25. The second kappa shape index (κ2) is 4.32. The second-order valence-electron chi connectivity index (χ2n) is 3.27. The van der Waals surface area contributed by atoms with Crippen molar-refractivity contribution in [1.29, 1.82) is 0 Å². The summed E-state index contributed by atoms with van der Waals surface area (Å²) in [6.07, 6.45) is 0. The van der Waals surface area contributed by atoms with Gasteiger partial charge in [-0.3, -0.25) is 4.79 Å². The molecule has 0 unspecified atom stereocenters. The summed E-state index contributed by atoms with van der Waals surface area (Å²) in [4.78, 5) is 15.1. The molecule has 2 rings (SSSR count). The summed E-state index contributed by atoms with van der Waals surface area (Å²) >= 11 is 1.37. The monoisotopic (exact) mass is 234 g/mol. The minimum Gasteiger partial charge on any atom is -0.508 e. The van der Waals surface area contributed by atoms with Crippen molar-refractivity contribution in [3.8, 4) is 17.0 Å². The van der Waals surface area contributed by atoms with Crippen molar-refractivity contribution in [3.63, 3.8) is 0 Å². The van der Waals surface area contributed by atoms with E-state index in [9.17, 15) is 4.79 Å². The maximum absolute atomic E-state index is 10.8. The number of carbonyl (C=O) groups excluding carboxylic acids is 1. The van der Waals surface area contributed by atoms with E-state index < -0.39 is 0 Å². The van der Waals surface area contributed by atoms with Gasteiger partial charge in [0.1, 0.15) is 5.75 Å². The molecule has 0 aliphatic rings. The van der Waals surface area contributed by atoms with Gasteiger partial charge in [-0.05, 0) is 24.3 Å². The third-order valence-corrected chi connectivity index (χ3v) is 2.71. The van der Waals surface area contributed by atoms with E-state index in [2.05, 4.69) is 10.3 Å². The molecule has 5 heteroatoms. The fourth-order valence-corrected chi connectivity index (χ4v) is 2.01. The summed E-state index contributed by atoms with van der Waals surface area (Å²) in [5.41, 5.74) is 1.69. The van der Waals surface area contributed by atoms with Gasteiger partial charge >= 0.3 is 0 Å². The smallest absolute Gasteiger partial charge is 0.223 e. The van der Waals surface area contributed by atoms with Crippen LogP contribution in [0.2, 0.25) is 0 Å². The van der Waals surface area contributed by atoms with Gasteiger partial charge in [-0.15, -0.1) is 11.3 Å². The maximum atomic E-state index is 10.8. The van der Waals surface area contributed by atoms with Crippen molar-refractivity contribution in [1.82, 2.24) is 4.98 Å². The summed E-state index contributed by atoms with van der Waals surface area (Å²) < 4.78 is 0. The molecular weight excluding hydrogens is 224 g/mol. The van der Waals surface area contributed by atoms with Crippen molar-refractivity contribution in [2.24, 2.45) is 0 Å². The molecule has 0 bridgehead atoms. The molecule has 0 saturated heterocycles. The molecule has 82 valence electrons. The van der Waals surface area contributed by atoms with Crippen molar-refractivity contribution in [2.45, 2.75) is 6.92 Å². The first kappa shape index (κ1) is 10.6. The topological polar surface area (TPSA) is 62.2 Å². The van der Waals surface area contributed by atoms with Crippen LogP contribution in [0.5, 0.6) is 5.75 Å². The molecular formula is C11H10N2O2S. The van der Waals surface area contributed by atoms with Gasteiger partial charge in [0.15, 0.2) is 5.13 Å². The van der Waals surface area contributed by atoms with Gasteiger partial charge < -0.3 is 10.4 Å². The number of benzene rings is 1. The molecule has 2 N–H and O–H groups in total. The number of nitrogens with zero attached hydrogens (tertiary/aromatic N) is 1. The Labute approximate surface area is 96.6 Å². The normalized spacial score (nSPS) is 10.1. The highest BCUT2D eigenvalue weighted by Gasteiger charge is 2.05. The van der Waals surface area contributed by atoms with Crippen LogP contribution in [0.3, 0.4) is 0 Å². The summed E-state index contributed by atoms with van der Waals surface area (Å²) in [6.45, 7) is 1.45. The third kappa shape index (κ3) is 2.38. The van der Waals surface area contributed by atoms with Gasteiger partial charge in [0.05, 0.1) is 5.69 Å². The van der Waals surface area contributed by atoms with Crippen molar-refractivity contribution in [2.75, 3.05) is 5.32 Å². The lowest BCUT2D eigenvalue weighted by atomic mass is 10.2. The third-order valence-electron chi connectivity index (χ3n) is 1.95. The molecule has 0 aliphatic heterocycles. The number of phenols is 1. The number of phenolic OH excluding ortho intramolecular Hbond substituents is 1. The molecule has 4 nitrogen and oxygen atoms in total. The predicted molar refractivity (Wildman–Crippen MR) is 63.5 cm³/mol. The van der Waals surface area contributed by atoms with Crippen LogP contribution in [0.4, 0.5) is 5.13 Å². The van der Waals surface area contributed by atoms with E-state index in [0.29, 0.717) is 5.13 Å².